The van der Waals surface area contributed by atoms with E-state index in [2.05, 4.69) is 11.3 Å². The minimum absolute atomic E-state index is 0.383. The Balaban J connectivity index is 4.40. The second kappa shape index (κ2) is 5.60. The largest absolute Gasteiger partial charge is 0.522 e. The zero-order valence-corrected chi connectivity index (χ0v) is 8.69. The van der Waals surface area contributed by atoms with Gasteiger partial charge < -0.3 is 5.73 Å². The zero-order chi connectivity index (χ0) is 12.1. The molecule has 5 heteroatoms. The van der Waals surface area contributed by atoms with E-state index in [4.69, 9.17) is 5.73 Å². The van der Waals surface area contributed by atoms with Gasteiger partial charge in [0.2, 0.25) is 0 Å². The summed E-state index contributed by atoms with van der Waals surface area (Å²) in [5, 5.41) is 0. The van der Waals surface area contributed by atoms with Crippen LogP contribution < -0.4 is 5.73 Å². The highest BCUT2D eigenvalue weighted by Gasteiger charge is 2.28. The van der Waals surface area contributed by atoms with E-state index >= 15 is 0 Å². The third-order valence-electron chi connectivity index (χ3n) is 1.63. The molecule has 0 atom stereocenters. The second-order valence-corrected chi connectivity index (χ2v) is 3.07. The Labute approximate surface area is 86.9 Å². The van der Waals surface area contributed by atoms with Crippen LogP contribution in [0.1, 0.15) is 13.8 Å². The van der Waals surface area contributed by atoms with Gasteiger partial charge in [-0.2, -0.15) is 0 Å². The average Bonchev–Trinajstić information content (AvgIpc) is 2.12. The second-order valence-electron chi connectivity index (χ2n) is 3.07. The molecule has 0 unspecified atom stereocenters. The molecule has 0 aromatic rings. The third kappa shape index (κ3) is 6.79. The van der Waals surface area contributed by atoms with E-state index in [1.54, 1.807) is 6.92 Å². The molecule has 0 aromatic heterocycles. The molecule has 2 N–H and O–H groups in total. The molecule has 0 aliphatic heterocycles. The molecule has 15 heavy (non-hydrogen) atoms. The van der Waals surface area contributed by atoms with Crippen LogP contribution in [0.3, 0.4) is 0 Å². The van der Waals surface area contributed by atoms with Crippen molar-refractivity contribution in [2.45, 2.75) is 20.2 Å². The molecule has 0 aromatic carbocycles. The smallest absolute Gasteiger partial charge is 0.399 e. The number of nitrogens with two attached hydrogens (primary N) is 1. The predicted molar refractivity (Wildman–Crippen MR) is 52.8 cm³/mol. The van der Waals surface area contributed by atoms with Crippen molar-refractivity contribution in [1.29, 1.82) is 0 Å². The normalized spacial score (nSPS) is 14.9. The summed E-state index contributed by atoms with van der Waals surface area (Å²) in [6.45, 7) is 6.20. The van der Waals surface area contributed by atoms with Crippen LogP contribution in [0, 0.1) is 0 Å². The Morgan fingerprint density at radius 2 is 1.93 bits per heavy atom. The fourth-order valence-corrected chi connectivity index (χ4v) is 0.734. The van der Waals surface area contributed by atoms with Gasteiger partial charge in [0, 0.05) is 5.70 Å². The molecule has 0 amide bonds. The van der Waals surface area contributed by atoms with Gasteiger partial charge in [0.1, 0.15) is 0 Å². The molecule has 0 radical (unpaired) electrons. The highest BCUT2D eigenvalue weighted by molar-refractivity contribution is 5.30. The van der Waals surface area contributed by atoms with Crippen molar-refractivity contribution < 1.29 is 17.9 Å². The van der Waals surface area contributed by atoms with Gasteiger partial charge in [0.15, 0.2) is 0 Å². The predicted octanol–water partition coefficient (Wildman–Crippen LogP) is 2.89. The van der Waals surface area contributed by atoms with Gasteiger partial charge >= 0.3 is 6.36 Å². The van der Waals surface area contributed by atoms with Crippen molar-refractivity contribution in [3.05, 3.63) is 35.6 Å². The molecule has 0 aliphatic carbocycles. The molecule has 0 spiro atoms. The van der Waals surface area contributed by atoms with Gasteiger partial charge in [-0.05, 0) is 31.1 Å². The highest BCUT2D eigenvalue weighted by atomic mass is 19.4. The number of ether oxygens (including phenoxy) is 1. The maximum absolute atomic E-state index is 11.7. The molecule has 0 rings (SSSR count). The molecule has 0 fully saturated rings. The zero-order valence-electron chi connectivity index (χ0n) is 8.69. The number of hydrogen-bond acceptors (Lipinski definition) is 2. The first kappa shape index (κ1) is 13.8. The molecule has 0 aliphatic rings. The van der Waals surface area contributed by atoms with Crippen LogP contribution in [0.15, 0.2) is 35.6 Å². The first-order chi connectivity index (χ1) is 6.76. The summed E-state index contributed by atoms with van der Waals surface area (Å²) in [4.78, 5) is 0. The lowest BCUT2D eigenvalue weighted by Crippen LogP contribution is -2.15. The first-order valence-corrected chi connectivity index (χ1v) is 4.23. The molecule has 0 saturated carbocycles. The van der Waals surface area contributed by atoms with E-state index in [1.807, 2.05) is 0 Å². The van der Waals surface area contributed by atoms with Crippen LogP contribution in [0.4, 0.5) is 13.2 Å². The Morgan fingerprint density at radius 1 is 1.40 bits per heavy atom. The fraction of sp³-hybridized carbons (Fsp3) is 0.400. The topological polar surface area (TPSA) is 35.2 Å². The summed E-state index contributed by atoms with van der Waals surface area (Å²) in [5.41, 5.74) is 7.05. The molecule has 86 valence electrons. The Morgan fingerprint density at radius 3 is 2.33 bits per heavy atom. The average molecular weight is 221 g/mol. The minimum atomic E-state index is -4.61. The Bertz CT molecular complexity index is 290. The maximum Gasteiger partial charge on any atom is 0.522 e. The van der Waals surface area contributed by atoms with E-state index in [1.165, 1.54) is 19.1 Å². The van der Waals surface area contributed by atoms with E-state index in [9.17, 15) is 13.2 Å². The van der Waals surface area contributed by atoms with Crippen LogP contribution in [0.2, 0.25) is 0 Å². The number of hydrogen-bond donors (Lipinski definition) is 1. The summed E-state index contributed by atoms with van der Waals surface area (Å²) in [6, 6.07) is 0. The van der Waals surface area contributed by atoms with Gasteiger partial charge in [-0.15, -0.1) is 13.2 Å². The molecular formula is C10H14F3NO. The van der Waals surface area contributed by atoms with Crippen molar-refractivity contribution in [2.75, 3.05) is 6.61 Å². The van der Waals surface area contributed by atoms with Crippen molar-refractivity contribution in [2.24, 2.45) is 5.73 Å². The van der Waals surface area contributed by atoms with Gasteiger partial charge in [-0.25, -0.2) is 0 Å². The van der Waals surface area contributed by atoms with Crippen molar-refractivity contribution in [1.82, 2.24) is 0 Å². The van der Waals surface area contributed by atoms with Gasteiger partial charge in [0.25, 0.3) is 0 Å². The molecule has 2 nitrogen and oxygen atoms in total. The van der Waals surface area contributed by atoms with Crippen LogP contribution in [0.5, 0.6) is 0 Å². The summed E-state index contributed by atoms with van der Waals surface area (Å²) in [7, 11) is 0. The lowest BCUT2D eigenvalue weighted by Gasteiger charge is -2.07. The summed E-state index contributed by atoms with van der Waals surface area (Å²) in [5.74, 6) is 0. The summed E-state index contributed by atoms with van der Waals surface area (Å²) >= 11 is 0. The summed E-state index contributed by atoms with van der Waals surface area (Å²) in [6.07, 6.45) is -1.65. The van der Waals surface area contributed by atoms with E-state index in [0.717, 1.165) is 0 Å². The van der Waals surface area contributed by atoms with Crippen LogP contribution in [-0.4, -0.2) is 13.0 Å². The Kier molecular flexibility index (Phi) is 5.14. The first-order valence-electron chi connectivity index (χ1n) is 4.23. The van der Waals surface area contributed by atoms with Gasteiger partial charge in [-0.1, -0.05) is 12.7 Å². The lowest BCUT2D eigenvalue weighted by atomic mass is 10.2. The lowest BCUT2D eigenvalue weighted by molar-refractivity contribution is -0.320. The van der Waals surface area contributed by atoms with Crippen molar-refractivity contribution in [3.63, 3.8) is 0 Å². The monoisotopic (exact) mass is 221 g/mol. The standard InChI is InChI=1S/C10H14F3NO/c1-4-8(3)9(14)5-7(2)6-15-10(11,12)13/h4-5H,1,6,14H2,2-3H3/b7-5-,9-8+. The van der Waals surface area contributed by atoms with Crippen LogP contribution in [0.25, 0.3) is 0 Å². The molecular weight excluding hydrogens is 207 g/mol. The number of halogens is 3. The number of alkyl halides is 3. The van der Waals surface area contributed by atoms with E-state index in [-0.39, 0.29) is 0 Å². The van der Waals surface area contributed by atoms with E-state index < -0.39 is 13.0 Å². The minimum Gasteiger partial charge on any atom is -0.399 e. The highest BCUT2D eigenvalue weighted by Crippen LogP contribution is 2.17. The third-order valence-corrected chi connectivity index (χ3v) is 1.63. The molecule has 0 heterocycles. The fourth-order valence-electron chi connectivity index (χ4n) is 0.734. The summed E-state index contributed by atoms with van der Waals surface area (Å²) < 4.78 is 38.6. The quantitative estimate of drug-likeness (QED) is 0.741. The SMILES string of the molecule is C=C/C(C)=C(N)\C=C(\C)COC(F)(F)F. The van der Waals surface area contributed by atoms with Crippen molar-refractivity contribution >= 4 is 0 Å². The van der Waals surface area contributed by atoms with Crippen molar-refractivity contribution in [3.8, 4) is 0 Å². The Hall–Kier alpha value is -1.23. The van der Waals surface area contributed by atoms with Crippen LogP contribution >= 0.6 is 0 Å². The maximum atomic E-state index is 11.7. The van der Waals surface area contributed by atoms with Gasteiger partial charge in [0.05, 0.1) is 6.61 Å². The van der Waals surface area contributed by atoms with E-state index in [0.29, 0.717) is 16.8 Å². The van der Waals surface area contributed by atoms with Crippen LogP contribution in [-0.2, 0) is 4.74 Å². The number of rotatable bonds is 4. The number of allylic oxidation sites excluding steroid dienone is 3. The molecule has 0 bridgehead atoms. The van der Waals surface area contributed by atoms with Gasteiger partial charge in [-0.3, -0.25) is 4.74 Å². The molecule has 0 saturated heterocycles.